The topological polar surface area (TPSA) is 54.7 Å². The van der Waals surface area contributed by atoms with E-state index in [4.69, 9.17) is 14.2 Å². The van der Waals surface area contributed by atoms with Crippen molar-refractivity contribution >= 4 is 0 Å². The molecule has 5 heteroatoms. The number of benzene rings is 4. The average molecular weight is 519 g/mol. The van der Waals surface area contributed by atoms with Gasteiger partial charge >= 0.3 is 0 Å². The maximum absolute atomic E-state index is 10.4. The molecule has 1 aliphatic rings. The van der Waals surface area contributed by atoms with E-state index in [1.807, 2.05) is 84.9 Å². The summed E-state index contributed by atoms with van der Waals surface area (Å²) in [7, 11) is 0. The van der Waals surface area contributed by atoms with E-state index in [0.29, 0.717) is 33.0 Å². The lowest BCUT2D eigenvalue weighted by Crippen LogP contribution is -2.42. The van der Waals surface area contributed by atoms with Crippen molar-refractivity contribution in [1.82, 2.24) is 4.90 Å². The minimum absolute atomic E-state index is 0.164. The highest BCUT2D eigenvalue weighted by Crippen LogP contribution is 2.33. The summed E-state index contributed by atoms with van der Waals surface area (Å²) < 4.78 is 19.4. The van der Waals surface area contributed by atoms with Crippen molar-refractivity contribution in [2.45, 2.75) is 50.7 Å². The van der Waals surface area contributed by atoms with E-state index in [0.717, 1.165) is 22.3 Å². The van der Waals surface area contributed by atoms with Crippen LogP contribution in [0, 0.1) is 11.3 Å². The van der Waals surface area contributed by atoms with Crippen LogP contribution in [-0.2, 0) is 40.6 Å². The van der Waals surface area contributed by atoms with Crippen LogP contribution in [-0.4, -0.2) is 35.8 Å². The SMILES string of the molecule is N#C[C@H]1[C@@H](OCc2ccccc2)[C@@H](OCc2ccccc2)[C@H](COCc2ccccc2)N1Cc1ccccc1. The monoisotopic (exact) mass is 518 g/mol. The first-order chi connectivity index (χ1) is 19.3. The van der Waals surface area contributed by atoms with Crippen LogP contribution in [0.2, 0.25) is 0 Å². The van der Waals surface area contributed by atoms with Crippen molar-refractivity contribution in [1.29, 1.82) is 5.26 Å². The molecule has 4 atom stereocenters. The number of nitriles is 1. The summed E-state index contributed by atoms with van der Waals surface area (Å²) in [5, 5.41) is 10.4. The van der Waals surface area contributed by atoms with Crippen molar-refractivity contribution < 1.29 is 14.2 Å². The molecule has 4 aromatic carbocycles. The van der Waals surface area contributed by atoms with Gasteiger partial charge in [0.25, 0.3) is 0 Å². The average Bonchev–Trinajstić information content (AvgIpc) is 3.27. The van der Waals surface area contributed by atoms with Crippen molar-refractivity contribution in [3.63, 3.8) is 0 Å². The van der Waals surface area contributed by atoms with E-state index in [-0.39, 0.29) is 12.1 Å². The van der Waals surface area contributed by atoms with Gasteiger partial charge in [-0.2, -0.15) is 5.26 Å². The van der Waals surface area contributed by atoms with Crippen molar-refractivity contribution in [3.8, 4) is 6.07 Å². The fraction of sp³-hybridized carbons (Fsp3) is 0.265. The van der Waals surface area contributed by atoms with Crippen LogP contribution in [0.5, 0.6) is 0 Å². The van der Waals surface area contributed by atoms with E-state index in [2.05, 4.69) is 47.4 Å². The highest BCUT2D eigenvalue weighted by atomic mass is 16.5. The minimum atomic E-state index is -0.486. The predicted molar refractivity (Wildman–Crippen MR) is 151 cm³/mol. The molecule has 0 radical (unpaired) electrons. The van der Waals surface area contributed by atoms with Gasteiger partial charge in [0, 0.05) is 6.54 Å². The van der Waals surface area contributed by atoms with Crippen LogP contribution in [0.15, 0.2) is 121 Å². The van der Waals surface area contributed by atoms with E-state index in [1.54, 1.807) is 0 Å². The molecule has 1 heterocycles. The first kappa shape index (κ1) is 26.8. The summed E-state index contributed by atoms with van der Waals surface area (Å²) in [6, 6.07) is 42.5. The van der Waals surface area contributed by atoms with Gasteiger partial charge in [-0.25, -0.2) is 0 Å². The van der Waals surface area contributed by atoms with Crippen LogP contribution >= 0.6 is 0 Å². The van der Waals surface area contributed by atoms with Gasteiger partial charge in [0.1, 0.15) is 18.2 Å². The predicted octanol–water partition coefficient (Wildman–Crippen LogP) is 6.15. The molecule has 0 spiro atoms. The molecule has 5 nitrogen and oxygen atoms in total. The Labute approximate surface area is 231 Å². The van der Waals surface area contributed by atoms with E-state index in [9.17, 15) is 5.26 Å². The number of likely N-dealkylation sites (tertiary alicyclic amines) is 1. The van der Waals surface area contributed by atoms with Gasteiger partial charge in [-0.15, -0.1) is 0 Å². The summed E-state index contributed by atoms with van der Waals surface area (Å²) in [6.45, 7) is 2.36. The molecule has 0 amide bonds. The van der Waals surface area contributed by atoms with Crippen molar-refractivity contribution in [3.05, 3.63) is 144 Å². The van der Waals surface area contributed by atoms with Gasteiger partial charge in [-0.1, -0.05) is 121 Å². The molecule has 0 aliphatic carbocycles. The molecular weight excluding hydrogens is 484 g/mol. The van der Waals surface area contributed by atoms with Gasteiger partial charge in [0.15, 0.2) is 0 Å². The molecule has 1 fully saturated rings. The maximum Gasteiger partial charge on any atom is 0.128 e. The maximum atomic E-state index is 10.4. The first-order valence-electron chi connectivity index (χ1n) is 13.4. The largest absolute Gasteiger partial charge is 0.375 e. The van der Waals surface area contributed by atoms with Crippen LogP contribution < -0.4 is 0 Å². The zero-order chi connectivity index (χ0) is 26.7. The lowest BCUT2D eigenvalue weighted by atomic mass is 10.1. The molecular formula is C34H34N2O3. The van der Waals surface area contributed by atoms with Gasteiger partial charge in [0.05, 0.1) is 38.5 Å². The summed E-state index contributed by atoms with van der Waals surface area (Å²) in [4.78, 5) is 2.20. The summed E-state index contributed by atoms with van der Waals surface area (Å²) in [5.74, 6) is 0. The van der Waals surface area contributed by atoms with Gasteiger partial charge in [-0.3, -0.25) is 4.90 Å². The fourth-order valence-electron chi connectivity index (χ4n) is 5.13. The van der Waals surface area contributed by atoms with Crippen LogP contribution in [0.4, 0.5) is 0 Å². The number of ether oxygens (including phenoxy) is 3. The Bertz CT molecular complexity index is 1300. The molecule has 0 bridgehead atoms. The van der Waals surface area contributed by atoms with E-state index in [1.165, 1.54) is 0 Å². The number of hydrogen-bond donors (Lipinski definition) is 0. The lowest BCUT2D eigenvalue weighted by molar-refractivity contribution is -0.0842. The highest BCUT2D eigenvalue weighted by Gasteiger charge is 2.51. The third-order valence-corrected chi connectivity index (χ3v) is 7.11. The molecule has 198 valence electrons. The summed E-state index contributed by atoms with van der Waals surface area (Å²) in [5.41, 5.74) is 4.39. The number of rotatable bonds is 12. The third kappa shape index (κ3) is 7.20. The molecule has 0 N–H and O–H groups in total. The Kier molecular flexibility index (Phi) is 9.51. The molecule has 0 saturated carbocycles. The Morgan fingerprint density at radius 2 is 1.00 bits per heavy atom. The first-order valence-corrected chi connectivity index (χ1v) is 13.4. The zero-order valence-electron chi connectivity index (χ0n) is 22.0. The standard InChI is InChI=1S/C34H34N2O3/c35-21-31-33(38-24-29-17-9-3-10-18-29)34(39-25-30-19-11-4-12-20-30)32(26-37-23-28-15-7-2-8-16-28)36(31)22-27-13-5-1-6-14-27/h1-20,31-34H,22-26H2/t31-,32-,33+,34-/m0/s1. The Morgan fingerprint density at radius 1 is 0.564 bits per heavy atom. The van der Waals surface area contributed by atoms with Crippen molar-refractivity contribution in [2.75, 3.05) is 6.61 Å². The van der Waals surface area contributed by atoms with Gasteiger partial charge in [-0.05, 0) is 22.3 Å². The molecule has 1 saturated heterocycles. The Morgan fingerprint density at radius 3 is 1.49 bits per heavy atom. The Hall–Kier alpha value is -3.79. The molecule has 1 aliphatic heterocycles. The molecule has 4 aromatic rings. The second-order valence-electron chi connectivity index (χ2n) is 9.82. The normalized spacial score (nSPS) is 21.0. The van der Waals surface area contributed by atoms with Gasteiger partial charge < -0.3 is 14.2 Å². The summed E-state index contributed by atoms with van der Waals surface area (Å²) >= 11 is 0. The van der Waals surface area contributed by atoms with Crippen LogP contribution in [0.25, 0.3) is 0 Å². The van der Waals surface area contributed by atoms with E-state index < -0.39 is 12.1 Å². The quantitative estimate of drug-likeness (QED) is 0.225. The molecule has 5 rings (SSSR count). The smallest absolute Gasteiger partial charge is 0.128 e. The summed E-state index contributed by atoms with van der Waals surface area (Å²) in [6.07, 6.45) is -0.786. The third-order valence-electron chi connectivity index (χ3n) is 7.11. The molecule has 39 heavy (non-hydrogen) atoms. The van der Waals surface area contributed by atoms with E-state index >= 15 is 0 Å². The number of nitrogens with zero attached hydrogens (tertiary/aromatic N) is 2. The van der Waals surface area contributed by atoms with Crippen LogP contribution in [0.3, 0.4) is 0 Å². The van der Waals surface area contributed by atoms with Crippen molar-refractivity contribution in [2.24, 2.45) is 0 Å². The second-order valence-corrected chi connectivity index (χ2v) is 9.82. The number of hydrogen-bond acceptors (Lipinski definition) is 5. The second kappa shape index (κ2) is 13.8. The minimum Gasteiger partial charge on any atom is -0.375 e. The zero-order valence-corrected chi connectivity index (χ0v) is 22.0. The molecule has 0 unspecified atom stereocenters. The lowest BCUT2D eigenvalue weighted by Gasteiger charge is -2.29. The molecule has 0 aromatic heterocycles. The van der Waals surface area contributed by atoms with Gasteiger partial charge in [0.2, 0.25) is 0 Å². The highest BCUT2D eigenvalue weighted by molar-refractivity contribution is 5.20. The fourth-order valence-corrected chi connectivity index (χ4v) is 5.13. The van der Waals surface area contributed by atoms with Crippen LogP contribution in [0.1, 0.15) is 22.3 Å². The Balaban J connectivity index is 1.41.